The van der Waals surface area contributed by atoms with Gasteiger partial charge >= 0.3 is 0 Å². The number of Topliss-reactive ketones (excluding diaryl/α,β-unsaturated/α-hetero) is 1. The van der Waals surface area contributed by atoms with Crippen LogP contribution < -0.4 is 0 Å². The van der Waals surface area contributed by atoms with Gasteiger partial charge in [0.2, 0.25) is 0 Å². The summed E-state index contributed by atoms with van der Waals surface area (Å²) in [6.45, 7) is 6.97. The molecule has 4 heteroatoms. The summed E-state index contributed by atoms with van der Waals surface area (Å²) in [6, 6.07) is 7.73. The van der Waals surface area contributed by atoms with Gasteiger partial charge in [-0.2, -0.15) is 0 Å². The highest BCUT2D eigenvalue weighted by Gasteiger charge is 2.18. The van der Waals surface area contributed by atoms with Crippen LogP contribution in [0.1, 0.15) is 35.5 Å². The molecule has 2 heterocycles. The number of fused-ring (bicyclic) bond motifs is 1. The number of ketones is 1. The van der Waals surface area contributed by atoms with Gasteiger partial charge in [-0.1, -0.05) is 31.2 Å². The Kier molecular flexibility index (Phi) is 4.29. The zero-order valence-electron chi connectivity index (χ0n) is 13.2. The molecule has 0 N–H and O–H groups in total. The molecule has 0 aliphatic carbocycles. The van der Waals surface area contributed by atoms with Crippen LogP contribution in [0, 0.1) is 0 Å². The van der Waals surface area contributed by atoms with Crippen molar-refractivity contribution in [2.75, 3.05) is 19.6 Å². The molecule has 0 saturated carbocycles. The van der Waals surface area contributed by atoms with Crippen molar-refractivity contribution in [2.24, 2.45) is 0 Å². The Balaban J connectivity index is 1.97. The van der Waals surface area contributed by atoms with Gasteiger partial charge in [0.1, 0.15) is 6.33 Å². The lowest BCUT2D eigenvalue weighted by Gasteiger charge is -2.16. The van der Waals surface area contributed by atoms with Crippen molar-refractivity contribution >= 4 is 5.78 Å². The summed E-state index contributed by atoms with van der Waals surface area (Å²) in [5, 5.41) is 0. The van der Waals surface area contributed by atoms with Crippen molar-refractivity contribution in [3.8, 4) is 11.3 Å². The Bertz CT molecular complexity index is 679. The third-order valence-electron chi connectivity index (χ3n) is 4.39. The van der Waals surface area contributed by atoms with E-state index < -0.39 is 0 Å². The van der Waals surface area contributed by atoms with Crippen LogP contribution in [0.3, 0.4) is 0 Å². The van der Waals surface area contributed by atoms with Crippen LogP contribution in [-0.2, 0) is 12.8 Å². The summed E-state index contributed by atoms with van der Waals surface area (Å²) in [4.78, 5) is 22.9. The molecular formula is C18H21N3O. The number of carbonyl (C=O) groups excluding carboxylic acids is 1. The van der Waals surface area contributed by atoms with Gasteiger partial charge in [0, 0.05) is 41.9 Å². The van der Waals surface area contributed by atoms with Crippen LogP contribution in [0.25, 0.3) is 11.3 Å². The van der Waals surface area contributed by atoms with E-state index in [1.807, 2.05) is 24.3 Å². The number of rotatable bonds is 3. The largest absolute Gasteiger partial charge is 0.303 e. The molecule has 1 aromatic carbocycles. The predicted octanol–water partition coefficient (Wildman–Crippen LogP) is 2.77. The molecule has 0 atom stereocenters. The van der Waals surface area contributed by atoms with E-state index in [1.165, 1.54) is 5.56 Å². The molecule has 0 saturated heterocycles. The summed E-state index contributed by atoms with van der Waals surface area (Å²) in [5.74, 6) is 0.0895. The van der Waals surface area contributed by atoms with E-state index in [0.717, 1.165) is 55.0 Å². The zero-order chi connectivity index (χ0) is 15.5. The first-order valence-electron chi connectivity index (χ1n) is 7.85. The van der Waals surface area contributed by atoms with Gasteiger partial charge in [0.25, 0.3) is 0 Å². The second-order valence-corrected chi connectivity index (χ2v) is 5.72. The third kappa shape index (κ3) is 2.92. The molecule has 0 radical (unpaired) electrons. The van der Waals surface area contributed by atoms with E-state index in [2.05, 4.69) is 21.8 Å². The van der Waals surface area contributed by atoms with E-state index in [-0.39, 0.29) is 5.78 Å². The van der Waals surface area contributed by atoms with Gasteiger partial charge in [-0.3, -0.25) is 4.79 Å². The average Bonchev–Trinajstić information content (AvgIpc) is 2.77. The van der Waals surface area contributed by atoms with E-state index in [4.69, 9.17) is 0 Å². The van der Waals surface area contributed by atoms with Gasteiger partial charge in [-0.05, 0) is 19.9 Å². The Hall–Kier alpha value is -2.07. The molecule has 22 heavy (non-hydrogen) atoms. The fourth-order valence-corrected chi connectivity index (χ4v) is 3.00. The second-order valence-electron chi connectivity index (χ2n) is 5.72. The van der Waals surface area contributed by atoms with Crippen molar-refractivity contribution in [1.29, 1.82) is 0 Å². The van der Waals surface area contributed by atoms with Crippen LogP contribution in [0.2, 0.25) is 0 Å². The van der Waals surface area contributed by atoms with Crippen LogP contribution in [0.15, 0.2) is 30.6 Å². The standard InChI is InChI=1S/C18H21N3O/c1-3-21-10-8-16-17(9-11-21)19-12-20-18(16)15-6-4-14(5-7-15)13(2)22/h4-7,12H,3,8-11H2,1-2H3. The molecule has 2 aromatic rings. The molecule has 1 aliphatic rings. The minimum atomic E-state index is 0.0895. The molecule has 1 aromatic heterocycles. The van der Waals surface area contributed by atoms with Crippen molar-refractivity contribution in [3.63, 3.8) is 0 Å². The fourth-order valence-electron chi connectivity index (χ4n) is 3.00. The predicted molar refractivity (Wildman–Crippen MR) is 87.0 cm³/mol. The number of carbonyl (C=O) groups is 1. The molecule has 4 nitrogen and oxygen atoms in total. The lowest BCUT2D eigenvalue weighted by Crippen LogP contribution is -2.25. The average molecular weight is 295 g/mol. The summed E-state index contributed by atoms with van der Waals surface area (Å²) in [5.41, 5.74) is 5.23. The minimum absolute atomic E-state index is 0.0895. The highest BCUT2D eigenvalue weighted by Crippen LogP contribution is 2.26. The quantitative estimate of drug-likeness (QED) is 0.817. The maximum atomic E-state index is 11.4. The van der Waals surface area contributed by atoms with Crippen molar-refractivity contribution in [2.45, 2.75) is 26.7 Å². The van der Waals surface area contributed by atoms with Gasteiger partial charge in [0.05, 0.1) is 5.69 Å². The molecular weight excluding hydrogens is 274 g/mol. The Morgan fingerprint density at radius 1 is 1.14 bits per heavy atom. The summed E-state index contributed by atoms with van der Waals surface area (Å²) < 4.78 is 0. The molecule has 0 unspecified atom stereocenters. The lowest BCUT2D eigenvalue weighted by molar-refractivity contribution is 0.101. The van der Waals surface area contributed by atoms with Crippen molar-refractivity contribution < 1.29 is 4.79 Å². The molecule has 114 valence electrons. The molecule has 3 rings (SSSR count). The molecule has 0 fully saturated rings. The maximum absolute atomic E-state index is 11.4. The first kappa shape index (κ1) is 14.9. The van der Waals surface area contributed by atoms with Gasteiger partial charge < -0.3 is 4.90 Å². The highest BCUT2D eigenvalue weighted by atomic mass is 16.1. The van der Waals surface area contributed by atoms with E-state index >= 15 is 0 Å². The Morgan fingerprint density at radius 2 is 1.86 bits per heavy atom. The summed E-state index contributed by atoms with van der Waals surface area (Å²) in [6.07, 6.45) is 3.62. The fraction of sp³-hybridized carbons (Fsp3) is 0.389. The summed E-state index contributed by atoms with van der Waals surface area (Å²) in [7, 11) is 0. The topological polar surface area (TPSA) is 46.1 Å². The Morgan fingerprint density at radius 3 is 2.55 bits per heavy atom. The van der Waals surface area contributed by atoms with Crippen molar-refractivity contribution in [1.82, 2.24) is 14.9 Å². The highest BCUT2D eigenvalue weighted by molar-refractivity contribution is 5.94. The zero-order valence-corrected chi connectivity index (χ0v) is 13.2. The number of hydrogen-bond donors (Lipinski definition) is 0. The number of likely N-dealkylation sites (N-methyl/N-ethyl adjacent to an activating group) is 1. The number of aromatic nitrogens is 2. The van der Waals surface area contributed by atoms with E-state index in [1.54, 1.807) is 13.3 Å². The molecule has 0 amide bonds. The SMILES string of the molecule is CCN1CCc2ncnc(-c3ccc(C(C)=O)cc3)c2CC1. The molecule has 0 spiro atoms. The number of benzene rings is 1. The van der Waals surface area contributed by atoms with Crippen LogP contribution in [0.4, 0.5) is 0 Å². The monoisotopic (exact) mass is 295 g/mol. The number of hydrogen-bond acceptors (Lipinski definition) is 4. The van der Waals surface area contributed by atoms with Gasteiger partial charge in [0.15, 0.2) is 5.78 Å². The van der Waals surface area contributed by atoms with E-state index in [0.29, 0.717) is 0 Å². The molecule has 1 aliphatic heterocycles. The maximum Gasteiger partial charge on any atom is 0.159 e. The first-order chi connectivity index (χ1) is 10.7. The normalized spacial score (nSPS) is 15.2. The Labute approximate surface area is 131 Å². The van der Waals surface area contributed by atoms with Crippen LogP contribution in [-0.4, -0.2) is 40.3 Å². The van der Waals surface area contributed by atoms with Crippen LogP contribution >= 0.6 is 0 Å². The smallest absolute Gasteiger partial charge is 0.159 e. The molecule has 0 bridgehead atoms. The van der Waals surface area contributed by atoms with Gasteiger partial charge in [-0.15, -0.1) is 0 Å². The van der Waals surface area contributed by atoms with Crippen LogP contribution in [0.5, 0.6) is 0 Å². The lowest BCUT2D eigenvalue weighted by atomic mass is 9.99. The third-order valence-corrected chi connectivity index (χ3v) is 4.39. The minimum Gasteiger partial charge on any atom is -0.303 e. The first-order valence-corrected chi connectivity index (χ1v) is 7.85. The van der Waals surface area contributed by atoms with Gasteiger partial charge in [-0.25, -0.2) is 9.97 Å². The summed E-state index contributed by atoms with van der Waals surface area (Å²) >= 11 is 0. The van der Waals surface area contributed by atoms with Crippen molar-refractivity contribution in [3.05, 3.63) is 47.4 Å². The second kappa shape index (κ2) is 6.36. The van der Waals surface area contributed by atoms with E-state index in [9.17, 15) is 4.79 Å². The number of nitrogens with zero attached hydrogens (tertiary/aromatic N) is 3.